The van der Waals surface area contributed by atoms with E-state index in [4.69, 9.17) is 0 Å². The Morgan fingerprint density at radius 1 is 1.58 bits per heavy atom. The van der Waals surface area contributed by atoms with Gasteiger partial charge in [-0.05, 0) is 25.7 Å². The summed E-state index contributed by atoms with van der Waals surface area (Å²) in [6, 6.07) is 0.474. The molecule has 0 unspecified atom stereocenters. The number of alkyl halides is 2. The van der Waals surface area contributed by atoms with E-state index < -0.39 is 0 Å². The summed E-state index contributed by atoms with van der Waals surface area (Å²) in [5.41, 5.74) is 0. The van der Waals surface area contributed by atoms with Crippen molar-refractivity contribution < 1.29 is 4.79 Å². The van der Waals surface area contributed by atoms with Crippen LogP contribution in [0.25, 0.3) is 0 Å². The van der Waals surface area contributed by atoms with Gasteiger partial charge in [-0.2, -0.15) is 0 Å². The fourth-order valence-corrected chi connectivity index (χ4v) is 1.69. The minimum atomic E-state index is -0.00403. The molecule has 0 bridgehead atoms. The molecule has 1 N–H and O–H groups in total. The van der Waals surface area contributed by atoms with Crippen molar-refractivity contribution in [1.82, 2.24) is 5.32 Å². The predicted octanol–water partition coefficient (Wildman–Crippen LogP) is 2.20. The molecule has 0 heterocycles. The van der Waals surface area contributed by atoms with Gasteiger partial charge < -0.3 is 5.32 Å². The summed E-state index contributed by atoms with van der Waals surface area (Å²) in [4.78, 5) is 11.3. The molecular weight excluding hydrogens is 286 g/mol. The number of rotatable bonds is 5. The topological polar surface area (TPSA) is 29.1 Å². The largest absolute Gasteiger partial charge is 0.352 e. The molecule has 0 radical (unpaired) electrons. The van der Waals surface area contributed by atoms with Crippen LogP contribution in [0.5, 0.6) is 0 Å². The third-order valence-corrected chi connectivity index (χ3v) is 3.23. The van der Waals surface area contributed by atoms with Crippen molar-refractivity contribution >= 4 is 37.8 Å². The van der Waals surface area contributed by atoms with E-state index in [2.05, 4.69) is 37.2 Å². The van der Waals surface area contributed by atoms with Crippen molar-refractivity contribution in [2.75, 3.05) is 5.33 Å². The molecule has 0 saturated heterocycles. The van der Waals surface area contributed by atoms with Gasteiger partial charge in [0.05, 0.1) is 4.83 Å². The molecule has 0 aromatic rings. The Bertz CT molecular complexity index is 159. The highest BCUT2D eigenvalue weighted by Crippen LogP contribution is 2.20. The Morgan fingerprint density at radius 2 is 2.25 bits per heavy atom. The van der Waals surface area contributed by atoms with Crippen molar-refractivity contribution in [3.05, 3.63) is 0 Å². The van der Waals surface area contributed by atoms with Crippen LogP contribution in [-0.2, 0) is 4.79 Å². The Hall–Kier alpha value is 0.430. The zero-order valence-corrected chi connectivity index (χ0v) is 10.0. The van der Waals surface area contributed by atoms with Crippen LogP contribution in [0.4, 0.5) is 0 Å². The molecule has 1 fully saturated rings. The van der Waals surface area contributed by atoms with E-state index in [1.807, 2.05) is 0 Å². The van der Waals surface area contributed by atoms with Gasteiger partial charge in [0, 0.05) is 11.4 Å². The standard InChI is InChI=1S/C8H13Br2NO/c9-5-1-2-7(10)8(12)11-6-3-4-6/h6-7H,1-5H2,(H,11,12)/t7-/m1/s1. The van der Waals surface area contributed by atoms with E-state index in [9.17, 15) is 4.79 Å². The van der Waals surface area contributed by atoms with Crippen LogP contribution in [0.1, 0.15) is 25.7 Å². The molecular formula is C8H13Br2NO. The smallest absolute Gasteiger partial charge is 0.233 e. The van der Waals surface area contributed by atoms with Gasteiger partial charge in [0.2, 0.25) is 5.91 Å². The number of carbonyl (C=O) groups excluding carboxylic acids is 1. The van der Waals surface area contributed by atoms with Gasteiger partial charge in [-0.25, -0.2) is 0 Å². The lowest BCUT2D eigenvalue weighted by atomic mass is 10.2. The predicted molar refractivity (Wildman–Crippen MR) is 56.9 cm³/mol. The molecule has 1 rings (SSSR count). The third-order valence-electron chi connectivity index (χ3n) is 1.80. The molecule has 1 amide bonds. The van der Waals surface area contributed by atoms with Crippen LogP contribution in [-0.4, -0.2) is 22.1 Å². The molecule has 1 aliphatic carbocycles. The maximum atomic E-state index is 11.3. The van der Waals surface area contributed by atoms with Gasteiger partial charge in [0.25, 0.3) is 0 Å². The van der Waals surface area contributed by atoms with E-state index in [0.717, 1.165) is 31.0 Å². The number of nitrogens with one attached hydrogen (secondary N) is 1. The SMILES string of the molecule is O=C(NC1CC1)[C@H](Br)CCCBr. The van der Waals surface area contributed by atoms with Gasteiger partial charge in [-0.1, -0.05) is 31.9 Å². The maximum Gasteiger partial charge on any atom is 0.233 e. The zero-order chi connectivity index (χ0) is 8.97. The first-order valence-electron chi connectivity index (χ1n) is 4.24. The second-order valence-electron chi connectivity index (χ2n) is 3.08. The lowest BCUT2D eigenvalue weighted by Gasteiger charge is -2.08. The molecule has 0 spiro atoms. The molecule has 12 heavy (non-hydrogen) atoms. The van der Waals surface area contributed by atoms with E-state index in [1.54, 1.807) is 0 Å². The van der Waals surface area contributed by atoms with Crippen molar-refractivity contribution in [3.8, 4) is 0 Å². The molecule has 4 heteroatoms. The van der Waals surface area contributed by atoms with Crippen molar-refractivity contribution in [2.24, 2.45) is 0 Å². The van der Waals surface area contributed by atoms with Crippen molar-refractivity contribution in [2.45, 2.75) is 36.6 Å². The van der Waals surface area contributed by atoms with Gasteiger partial charge in [0.15, 0.2) is 0 Å². The summed E-state index contributed by atoms with van der Waals surface area (Å²) in [6.45, 7) is 0. The molecule has 1 atom stereocenters. The average molecular weight is 299 g/mol. The van der Waals surface area contributed by atoms with Crippen LogP contribution >= 0.6 is 31.9 Å². The maximum absolute atomic E-state index is 11.3. The highest BCUT2D eigenvalue weighted by atomic mass is 79.9. The molecule has 2 nitrogen and oxygen atoms in total. The Labute approximate surface area is 89.7 Å². The first kappa shape index (κ1) is 10.5. The van der Waals surface area contributed by atoms with Crippen LogP contribution in [0.15, 0.2) is 0 Å². The summed E-state index contributed by atoms with van der Waals surface area (Å²) in [5.74, 6) is 0.151. The number of halogens is 2. The van der Waals surface area contributed by atoms with Gasteiger partial charge in [-0.3, -0.25) is 4.79 Å². The first-order valence-corrected chi connectivity index (χ1v) is 6.28. The first-order chi connectivity index (χ1) is 5.74. The minimum absolute atomic E-state index is 0.00403. The summed E-state index contributed by atoms with van der Waals surface area (Å²) in [5, 5.41) is 3.93. The highest BCUT2D eigenvalue weighted by Gasteiger charge is 2.25. The Balaban J connectivity index is 2.11. The van der Waals surface area contributed by atoms with E-state index >= 15 is 0 Å². The van der Waals surface area contributed by atoms with Crippen LogP contribution < -0.4 is 5.32 Å². The molecule has 70 valence electrons. The summed E-state index contributed by atoms with van der Waals surface area (Å²) >= 11 is 6.71. The van der Waals surface area contributed by atoms with E-state index in [0.29, 0.717) is 6.04 Å². The Kier molecular flexibility index (Phi) is 4.57. The molecule has 1 saturated carbocycles. The summed E-state index contributed by atoms with van der Waals surface area (Å²) in [6.07, 6.45) is 4.26. The van der Waals surface area contributed by atoms with Crippen LogP contribution in [0.2, 0.25) is 0 Å². The second-order valence-corrected chi connectivity index (χ2v) is 4.98. The number of hydrogen-bond acceptors (Lipinski definition) is 1. The van der Waals surface area contributed by atoms with Gasteiger partial charge >= 0.3 is 0 Å². The highest BCUT2D eigenvalue weighted by molar-refractivity contribution is 9.10. The van der Waals surface area contributed by atoms with Gasteiger partial charge in [-0.15, -0.1) is 0 Å². The molecule has 1 aliphatic rings. The minimum Gasteiger partial charge on any atom is -0.352 e. The number of carbonyl (C=O) groups is 1. The second kappa shape index (κ2) is 5.22. The van der Waals surface area contributed by atoms with Crippen molar-refractivity contribution in [3.63, 3.8) is 0 Å². The zero-order valence-electron chi connectivity index (χ0n) is 6.85. The lowest BCUT2D eigenvalue weighted by molar-refractivity contribution is -0.120. The average Bonchev–Trinajstić information content (AvgIpc) is 2.83. The monoisotopic (exact) mass is 297 g/mol. The number of amides is 1. The van der Waals surface area contributed by atoms with Crippen LogP contribution in [0.3, 0.4) is 0 Å². The van der Waals surface area contributed by atoms with Gasteiger partial charge in [0.1, 0.15) is 0 Å². The third kappa shape index (κ3) is 3.90. The van der Waals surface area contributed by atoms with Crippen molar-refractivity contribution in [1.29, 1.82) is 0 Å². The summed E-state index contributed by atoms with van der Waals surface area (Å²) < 4.78 is 0. The fraction of sp³-hybridized carbons (Fsp3) is 0.875. The van der Waals surface area contributed by atoms with Crippen LogP contribution in [0, 0.1) is 0 Å². The Morgan fingerprint density at radius 3 is 2.75 bits per heavy atom. The number of hydrogen-bond donors (Lipinski definition) is 1. The fourth-order valence-electron chi connectivity index (χ4n) is 0.907. The lowest BCUT2D eigenvalue weighted by Crippen LogP contribution is -2.32. The quantitative estimate of drug-likeness (QED) is 0.775. The summed E-state index contributed by atoms with van der Waals surface area (Å²) in [7, 11) is 0. The molecule has 0 aliphatic heterocycles. The normalized spacial score (nSPS) is 18.8. The van der Waals surface area contributed by atoms with E-state index in [1.165, 1.54) is 0 Å². The molecule has 0 aromatic heterocycles. The molecule has 0 aromatic carbocycles. The van der Waals surface area contributed by atoms with E-state index in [-0.39, 0.29) is 10.7 Å².